The topological polar surface area (TPSA) is 133 Å². The Morgan fingerprint density at radius 2 is 1.57 bits per heavy atom. The predicted molar refractivity (Wildman–Crippen MR) is 205 cm³/mol. The molecule has 3 aromatic rings. The van der Waals surface area contributed by atoms with Gasteiger partial charge in [-0.05, 0) is 72.9 Å². The van der Waals surface area contributed by atoms with Gasteiger partial charge in [-0.25, -0.2) is 9.24 Å². The van der Waals surface area contributed by atoms with Crippen LogP contribution in [0.3, 0.4) is 0 Å². The van der Waals surface area contributed by atoms with E-state index in [9.17, 15) is 24.0 Å². The molecule has 4 heterocycles. The van der Waals surface area contributed by atoms with Crippen LogP contribution in [0.25, 0.3) is 4.85 Å². The Labute approximate surface area is 329 Å². The van der Waals surface area contributed by atoms with Crippen LogP contribution in [0, 0.1) is 23.2 Å². The molecule has 1 aliphatic carbocycles. The first kappa shape index (κ1) is 37.6. The van der Waals surface area contributed by atoms with Crippen LogP contribution in [-0.4, -0.2) is 76.7 Å². The Morgan fingerprint density at radius 1 is 0.929 bits per heavy atom. The number of hydrogen-bond acceptors (Lipinski definition) is 8. The number of nitrogens with one attached hydrogen (secondary N) is 2. The molecular weight excluding hydrogens is 739 g/mol. The SMILES string of the molecule is [C-]#[N+]c1ccc(OC2C(C)(C)C(NC(=O)c3ccc(N4CCC(N5Cc6cc7c(cc6C5)C(=O)N(C5CCC(=O)NC5=O)C7=O)CC4)cc3F)C2(C)C)cc1Cl. The molecule has 5 aliphatic rings. The maximum Gasteiger partial charge on any atom is 0.262 e. The third kappa shape index (κ3) is 6.19. The number of benzene rings is 3. The van der Waals surface area contributed by atoms with Gasteiger partial charge in [-0.1, -0.05) is 45.4 Å². The smallest absolute Gasteiger partial charge is 0.262 e. The zero-order valence-corrected chi connectivity index (χ0v) is 32.3. The van der Waals surface area contributed by atoms with Gasteiger partial charge in [-0.3, -0.25) is 39.1 Å². The fourth-order valence-corrected chi connectivity index (χ4v) is 10.0. The Morgan fingerprint density at radius 3 is 2.14 bits per heavy atom. The molecule has 2 saturated heterocycles. The molecule has 56 heavy (non-hydrogen) atoms. The summed E-state index contributed by atoms with van der Waals surface area (Å²) < 4.78 is 22.0. The van der Waals surface area contributed by atoms with E-state index in [-0.39, 0.29) is 36.6 Å². The van der Waals surface area contributed by atoms with Crippen molar-refractivity contribution in [1.82, 2.24) is 20.4 Å². The monoisotopic (exact) mass is 780 g/mol. The van der Waals surface area contributed by atoms with Gasteiger partial charge < -0.3 is 15.0 Å². The molecule has 0 spiro atoms. The van der Waals surface area contributed by atoms with Crippen LogP contribution >= 0.6 is 11.6 Å². The van der Waals surface area contributed by atoms with Crippen molar-refractivity contribution in [3.05, 3.63) is 98.6 Å². The van der Waals surface area contributed by atoms with Gasteiger partial charge in [0.1, 0.15) is 23.7 Å². The van der Waals surface area contributed by atoms with Crippen LogP contribution < -0.4 is 20.3 Å². The maximum absolute atomic E-state index is 15.6. The maximum atomic E-state index is 15.6. The zero-order valence-electron chi connectivity index (χ0n) is 31.6. The summed E-state index contributed by atoms with van der Waals surface area (Å²) >= 11 is 6.23. The minimum Gasteiger partial charge on any atom is -0.489 e. The fourth-order valence-electron chi connectivity index (χ4n) is 9.82. The average Bonchev–Trinajstić information content (AvgIpc) is 3.69. The van der Waals surface area contributed by atoms with Crippen LogP contribution in [0.15, 0.2) is 48.5 Å². The number of hydrogen-bond donors (Lipinski definition) is 2. The summed E-state index contributed by atoms with van der Waals surface area (Å²) in [6.07, 6.45) is 1.55. The lowest BCUT2D eigenvalue weighted by atomic mass is 9.49. The standard InChI is InChI=1S/C42H42ClFN6O6/c1-41(2)39(42(3,4)40(41)56-26-7-9-32(45-5)30(43)19-26)47-35(52)27-8-6-25(18-31(27)44)48-14-12-24(13-15-48)49-20-22-16-28-29(17-23(22)21-49)38(55)50(37(28)54)33-10-11-34(51)46-36(33)53/h6-9,16-19,24,33,39-40H,10-15,20-21H2,1-4H3,(H,47,52)(H,46,51,53). The first-order chi connectivity index (χ1) is 26.6. The molecule has 4 aliphatic heterocycles. The summed E-state index contributed by atoms with van der Waals surface area (Å²) in [6.45, 7) is 17.8. The predicted octanol–water partition coefficient (Wildman–Crippen LogP) is 6.03. The summed E-state index contributed by atoms with van der Waals surface area (Å²) in [4.78, 5) is 73.1. The van der Waals surface area contributed by atoms with Gasteiger partial charge in [-0.2, -0.15) is 0 Å². The highest BCUT2D eigenvalue weighted by Crippen LogP contribution is 2.56. The number of nitrogens with zero attached hydrogens (tertiary/aromatic N) is 4. The average molecular weight is 781 g/mol. The molecule has 0 bridgehead atoms. The second kappa shape index (κ2) is 13.7. The fraction of sp³-hybridized carbons (Fsp3) is 0.429. The number of ether oxygens (including phenoxy) is 1. The highest BCUT2D eigenvalue weighted by atomic mass is 35.5. The number of anilines is 1. The highest BCUT2D eigenvalue weighted by Gasteiger charge is 2.64. The number of piperidine rings is 2. The van der Waals surface area contributed by atoms with E-state index in [1.165, 1.54) is 6.07 Å². The molecule has 1 unspecified atom stereocenters. The first-order valence-electron chi connectivity index (χ1n) is 18.9. The second-order valence-electron chi connectivity index (χ2n) is 16.7. The summed E-state index contributed by atoms with van der Waals surface area (Å²) in [5.74, 6) is -2.60. The molecule has 1 saturated carbocycles. The van der Waals surface area contributed by atoms with Crippen molar-refractivity contribution in [3.8, 4) is 5.75 Å². The van der Waals surface area contributed by atoms with E-state index in [1.54, 1.807) is 42.5 Å². The van der Waals surface area contributed by atoms with Crippen LogP contribution in [0.1, 0.15) is 95.6 Å². The zero-order chi connectivity index (χ0) is 39.8. The van der Waals surface area contributed by atoms with Gasteiger partial charge in [0.05, 0.1) is 28.3 Å². The van der Waals surface area contributed by atoms with Crippen molar-refractivity contribution in [1.29, 1.82) is 0 Å². The molecule has 14 heteroatoms. The van der Waals surface area contributed by atoms with Crippen molar-refractivity contribution in [2.24, 2.45) is 10.8 Å². The summed E-state index contributed by atoms with van der Waals surface area (Å²) in [6, 6.07) is 12.2. The molecular formula is C42H42ClFN6O6. The summed E-state index contributed by atoms with van der Waals surface area (Å²) in [5, 5.41) is 5.61. The van der Waals surface area contributed by atoms with Crippen molar-refractivity contribution < 1.29 is 33.1 Å². The number of fused-ring (bicyclic) bond motifs is 2. The van der Waals surface area contributed by atoms with Crippen LogP contribution in [0.5, 0.6) is 5.75 Å². The lowest BCUT2D eigenvalue weighted by Gasteiger charge is -2.63. The van der Waals surface area contributed by atoms with Crippen molar-refractivity contribution in [2.45, 2.75) is 90.7 Å². The minimum atomic E-state index is -0.996. The van der Waals surface area contributed by atoms with E-state index in [2.05, 4.69) is 25.3 Å². The molecule has 3 fully saturated rings. The number of imide groups is 2. The molecule has 8 rings (SSSR count). The van der Waals surface area contributed by atoms with Gasteiger partial charge in [0.25, 0.3) is 17.7 Å². The third-order valence-corrected chi connectivity index (χ3v) is 12.8. The normalized spacial score (nSPS) is 24.3. The van der Waals surface area contributed by atoms with E-state index in [1.807, 2.05) is 27.7 Å². The van der Waals surface area contributed by atoms with Gasteiger partial charge in [0.15, 0.2) is 0 Å². The lowest BCUT2D eigenvalue weighted by molar-refractivity contribution is -0.164. The number of carbonyl (C=O) groups excluding carboxylic acids is 5. The van der Waals surface area contributed by atoms with Crippen LogP contribution in [0.2, 0.25) is 5.02 Å². The number of halogens is 2. The van der Waals surface area contributed by atoms with E-state index in [4.69, 9.17) is 22.9 Å². The largest absolute Gasteiger partial charge is 0.489 e. The molecule has 3 aromatic carbocycles. The lowest BCUT2D eigenvalue weighted by Crippen LogP contribution is -2.74. The second-order valence-corrected chi connectivity index (χ2v) is 17.1. The van der Waals surface area contributed by atoms with Gasteiger partial charge in [-0.15, -0.1) is 0 Å². The summed E-state index contributed by atoms with van der Waals surface area (Å²) in [5.41, 5.74) is 2.57. The first-order valence-corrected chi connectivity index (χ1v) is 19.3. The summed E-state index contributed by atoms with van der Waals surface area (Å²) in [7, 11) is 0. The number of amides is 5. The van der Waals surface area contributed by atoms with E-state index < -0.39 is 52.2 Å². The highest BCUT2D eigenvalue weighted by molar-refractivity contribution is 6.33. The van der Waals surface area contributed by atoms with E-state index in [0.29, 0.717) is 59.5 Å². The van der Waals surface area contributed by atoms with Crippen molar-refractivity contribution in [2.75, 3.05) is 18.0 Å². The van der Waals surface area contributed by atoms with Crippen molar-refractivity contribution >= 4 is 52.5 Å². The van der Waals surface area contributed by atoms with Crippen LogP contribution in [0.4, 0.5) is 15.8 Å². The molecule has 12 nitrogen and oxygen atoms in total. The van der Waals surface area contributed by atoms with Gasteiger partial charge >= 0.3 is 0 Å². The van der Waals surface area contributed by atoms with Gasteiger partial charge in [0.2, 0.25) is 17.5 Å². The van der Waals surface area contributed by atoms with Crippen LogP contribution in [-0.2, 0) is 22.7 Å². The Kier molecular flexibility index (Phi) is 9.20. The molecule has 1 atom stereocenters. The Hall–Kier alpha value is -5.32. The number of carbonyl (C=O) groups is 5. The Bertz CT molecular complexity index is 2200. The third-order valence-electron chi connectivity index (χ3n) is 12.5. The van der Waals surface area contributed by atoms with Crippen molar-refractivity contribution in [3.63, 3.8) is 0 Å². The molecule has 5 amide bonds. The number of rotatable bonds is 7. The quantitative estimate of drug-likeness (QED) is 0.220. The van der Waals surface area contributed by atoms with Gasteiger partial charge in [0, 0.05) is 61.2 Å². The molecule has 2 N–H and O–H groups in total. The molecule has 0 radical (unpaired) electrons. The minimum absolute atomic E-state index is 0.0277. The van der Waals surface area contributed by atoms with E-state index >= 15 is 4.39 Å². The molecule has 0 aromatic heterocycles. The van der Waals surface area contributed by atoms with E-state index in [0.717, 1.165) is 28.9 Å². The Balaban J connectivity index is 0.864. The molecule has 290 valence electrons.